The third-order valence-corrected chi connectivity index (χ3v) is 4.43. The number of carbonyl (C=O) groups is 1. The number of carbonyl (C=O) groups excluding carboxylic acids is 1. The van der Waals surface area contributed by atoms with E-state index in [0.717, 1.165) is 18.7 Å². The summed E-state index contributed by atoms with van der Waals surface area (Å²) in [5.41, 5.74) is 1.67. The van der Waals surface area contributed by atoms with Gasteiger partial charge in [0.15, 0.2) is 5.96 Å². The maximum absolute atomic E-state index is 13.8. The Bertz CT molecular complexity index is 795. The van der Waals surface area contributed by atoms with Gasteiger partial charge in [-0.05, 0) is 24.6 Å². The second-order valence-electron chi connectivity index (χ2n) is 6.94. The van der Waals surface area contributed by atoms with E-state index in [1.807, 2.05) is 18.2 Å². The second-order valence-corrected chi connectivity index (χ2v) is 6.94. The minimum Gasteiger partial charge on any atom is -0.375 e. The highest BCUT2D eigenvalue weighted by Gasteiger charge is 2.07. The number of hydrogen-bond acceptors (Lipinski definition) is 3. The average molecular weight is 400 g/mol. The molecular formula is C22H30FN5O. The van der Waals surface area contributed by atoms with E-state index in [0.29, 0.717) is 18.1 Å². The van der Waals surface area contributed by atoms with Crippen LogP contribution >= 0.6 is 0 Å². The van der Waals surface area contributed by atoms with Gasteiger partial charge >= 0.3 is 0 Å². The van der Waals surface area contributed by atoms with Crippen molar-refractivity contribution in [2.75, 3.05) is 45.7 Å². The summed E-state index contributed by atoms with van der Waals surface area (Å²) >= 11 is 0. The number of aliphatic imine (C=N–C) groups is 1. The molecule has 0 heterocycles. The predicted octanol–water partition coefficient (Wildman–Crippen LogP) is 2.48. The number of amides is 1. The van der Waals surface area contributed by atoms with E-state index < -0.39 is 0 Å². The zero-order valence-electron chi connectivity index (χ0n) is 17.4. The van der Waals surface area contributed by atoms with Crippen LogP contribution in [-0.4, -0.2) is 57.5 Å². The lowest BCUT2D eigenvalue weighted by atomic mass is 10.2. The first-order valence-electron chi connectivity index (χ1n) is 9.69. The Morgan fingerprint density at radius 1 is 1.00 bits per heavy atom. The predicted molar refractivity (Wildman–Crippen MR) is 117 cm³/mol. The molecule has 156 valence electrons. The molecule has 0 bridgehead atoms. The van der Waals surface area contributed by atoms with Gasteiger partial charge in [-0.1, -0.05) is 36.4 Å². The molecule has 0 saturated carbocycles. The van der Waals surface area contributed by atoms with E-state index in [2.05, 4.69) is 39.7 Å². The van der Waals surface area contributed by atoms with Gasteiger partial charge in [0.25, 0.3) is 0 Å². The summed E-state index contributed by atoms with van der Waals surface area (Å²) in [7, 11) is 5.45. The second kappa shape index (κ2) is 11.7. The Hall–Kier alpha value is -3.09. The molecule has 0 fully saturated rings. The van der Waals surface area contributed by atoms with Crippen molar-refractivity contribution in [2.45, 2.75) is 13.0 Å². The average Bonchev–Trinajstić information content (AvgIpc) is 2.73. The molecule has 2 aromatic carbocycles. The summed E-state index contributed by atoms with van der Waals surface area (Å²) in [5.74, 6) is 0.143. The standard InChI is InChI=1S/C22H30FN5O/c1-27(2)21(29)17-26-22(25-16-18-10-7-8-13-20(18)23)24-14-9-15-28(3)19-11-5-4-6-12-19/h4-8,10-13H,9,14-17H2,1-3H3,(H2,24,25,26). The number of para-hydroxylation sites is 1. The number of likely N-dealkylation sites (N-methyl/N-ethyl adjacent to an activating group) is 1. The lowest BCUT2D eigenvalue weighted by Gasteiger charge is -2.20. The van der Waals surface area contributed by atoms with Crippen molar-refractivity contribution in [1.29, 1.82) is 0 Å². The molecule has 0 aliphatic rings. The third-order valence-electron chi connectivity index (χ3n) is 4.43. The molecule has 0 spiro atoms. The summed E-state index contributed by atoms with van der Waals surface area (Å²) in [6.45, 7) is 1.87. The number of guanidine groups is 1. The smallest absolute Gasteiger partial charge is 0.241 e. The molecule has 0 aliphatic carbocycles. The highest BCUT2D eigenvalue weighted by atomic mass is 19.1. The number of anilines is 1. The van der Waals surface area contributed by atoms with Crippen LogP contribution in [0, 0.1) is 5.82 Å². The van der Waals surface area contributed by atoms with E-state index in [4.69, 9.17) is 0 Å². The zero-order valence-corrected chi connectivity index (χ0v) is 17.4. The fraction of sp³-hybridized carbons (Fsp3) is 0.364. The SMILES string of the molecule is CN(C)C(=O)CNC(=NCc1ccccc1F)NCCCN(C)c1ccccc1. The van der Waals surface area contributed by atoms with Crippen molar-refractivity contribution in [1.82, 2.24) is 15.5 Å². The summed E-state index contributed by atoms with van der Waals surface area (Å²) in [6.07, 6.45) is 0.882. The first-order chi connectivity index (χ1) is 14.0. The molecule has 1 amide bonds. The molecule has 2 aromatic rings. The van der Waals surface area contributed by atoms with Crippen LogP contribution in [0.15, 0.2) is 59.6 Å². The highest BCUT2D eigenvalue weighted by molar-refractivity contribution is 5.86. The number of nitrogens with one attached hydrogen (secondary N) is 2. The van der Waals surface area contributed by atoms with Crippen molar-refractivity contribution in [3.8, 4) is 0 Å². The summed E-state index contributed by atoms with van der Waals surface area (Å²) < 4.78 is 13.8. The molecule has 0 saturated heterocycles. The van der Waals surface area contributed by atoms with E-state index in [1.165, 1.54) is 11.0 Å². The third kappa shape index (κ3) is 7.81. The van der Waals surface area contributed by atoms with Crippen molar-refractivity contribution in [3.63, 3.8) is 0 Å². The van der Waals surface area contributed by atoms with Crippen LogP contribution in [0.5, 0.6) is 0 Å². The molecular weight excluding hydrogens is 369 g/mol. The quantitative estimate of drug-likeness (QED) is 0.386. The lowest BCUT2D eigenvalue weighted by molar-refractivity contribution is -0.127. The van der Waals surface area contributed by atoms with Crippen LogP contribution in [-0.2, 0) is 11.3 Å². The van der Waals surface area contributed by atoms with Crippen molar-refractivity contribution in [3.05, 3.63) is 66.0 Å². The molecule has 6 nitrogen and oxygen atoms in total. The van der Waals surface area contributed by atoms with Gasteiger partial charge in [-0.3, -0.25) is 4.79 Å². The maximum atomic E-state index is 13.8. The zero-order chi connectivity index (χ0) is 21.1. The summed E-state index contributed by atoms with van der Waals surface area (Å²) in [5, 5.41) is 6.25. The van der Waals surface area contributed by atoms with Crippen molar-refractivity contribution in [2.24, 2.45) is 4.99 Å². The van der Waals surface area contributed by atoms with Gasteiger partial charge in [-0.15, -0.1) is 0 Å². The number of hydrogen-bond donors (Lipinski definition) is 2. The van der Waals surface area contributed by atoms with Gasteiger partial charge in [-0.25, -0.2) is 9.38 Å². The van der Waals surface area contributed by atoms with E-state index in [-0.39, 0.29) is 24.8 Å². The van der Waals surface area contributed by atoms with E-state index in [9.17, 15) is 9.18 Å². The first kappa shape index (κ1) is 22.2. The molecule has 2 N–H and O–H groups in total. The van der Waals surface area contributed by atoms with Crippen LogP contribution in [0.1, 0.15) is 12.0 Å². The Morgan fingerprint density at radius 2 is 1.69 bits per heavy atom. The van der Waals surface area contributed by atoms with Crippen LogP contribution in [0.3, 0.4) is 0 Å². The lowest BCUT2D eigenvalue weighted by Crippen LogP contribution is -2.43. The minimum absolute atomic E-state index is 0.0609. The van der Waals surface area contributed by atoms with Crippen LogP contribution in [0.2, 0.25) is 0 Å². The van der Waals surface area contributed by atoms with Gasteiger partial charge in [0.2, 0.25) is 5.91 Å². The monoisotopic (exact) mass is 399 g/mol. The Morgan fingerprint density at radius 3 is 2.38 bits per heavy atom. The fourth-order valence-electron chi connectivity index (χ4n) is 2.62. The number of halogens is 1. The van der Waals surface area contributed by atoms with Crippen LogP contribution < -0.4 is 15.5 Å². The molecule has 29 heavy (non-hydrogen) atoms. The van der Waals surface area contributed by atoms with Crippen molar-refractivity contribution >= 4 is 17.6 Å². The van der Waals surface area contributed by atoms with E-state index in [1.54, 1.807) is 32.3 Å². The van der Waals surface area contributed by atoms with Gasteiger partial charge < -0.3 is 20.4 Å². The topological polar surface area (TPSA) is 60.0 Å². The van der Waals surface area contributed by atoms with Crippen LogP contribution in [0.4, 0.5) is 10.1 Å². The Labute approximate surface area is 172 Å². The number of rotatable bonds is 9. The number of nitrogens with zero attached hydrogens (tertiary/aromatic N) is 3. The largest absolute Gasteiger partial charge is 0.375 e. The summed E-state index contributed by atoms with van der Waals surface area (Å²) in [6, 6.07) is 16.7. The fourth-order valence-corrected chi connectivity index (χ4v) is 2.62. The van der Waals surface area contributed by atoms with Gasteiger partial charge in [0.05, 0.1) is 13.1 Å². The Balaban J connectivity index is 1.89. The van der Waals surface area contributed by atoms with Gasteiger partial charge in [-0.2, -0.15) is 0 Å². The number of benzene rings is 2. The van der Waals surface area contributed by atoms with Gasteiger partial charge in [0.1, 0.15) is 5.82 Å². The van der Waals surface area contributed by atoms with Crippen molar-refractivity contribution < 1.29 is 9.18 Å². The molecule has 0 atom stereocenters. The molecule has 0 radical (unpaired) electrons. The minimum atomic E-state index is -0.288. The molecule has 7 heteroatoms. The molecule has 0 aliphatic heterocycles. The van der Waals surface area contributed by atoms with E-state index >= 15 is 0 Å². The molecule has 0 aromatic heterocycles. The Kier molecular flexibility index (Phi) is 8.95. The van der Waals surface area contributed by atoms with Crippen LogP contribution in [0.25, 0.3) is 0 Å². The van der Waals surface area contributed by atoms with Gasteiger partial charge in [0, 0.05) is 45.5 Å². The maximum Gasteiger partial charge on any atom is 0.241 e. The molecule has 0 unspecified atom stereocenters. The molecule has 2 rings (SSSR count). The first-order valence-corrected chi connectivity index (χ1v) is 9.69. The highest BCUT2D eigenvalue weighted by Crippen LogP contribution is 2.10. The summed E-state index contributed by atoms with van der Waals surface area (Å²) in [4.78, 5) is 20.0. The normalized spacial score (nSPS) is 11.1.